The number of furan rings is 1. The van der Waals surface area contributed by atoms with Crippen LogP contribution in [0.5, 0.6) is 0 Å². The van der Waals surface area contributed by atoms with Crippen molar-refractivity contribution in [3.05, 3.63) is 71.9 Å². The van der Waals surface area contributed by atoms with Gasteiger partial charge in [0.25, 0.3) is 0 Å². The lowest BCUT2D eigenvalue weighted by atomic mass is 9.96. The number of aromatic nitrogens is 2. The van der Waals surface area contributed by atoms with Gasteiger partial charge in [0.05, 0.1) is 12.2 Å². The van der Waals surface area contributed by atoms with E-state index in [1.54, 1.807) is 0 Å². The monoisotopic (exact) mass is 378 g/mol. The van der Waals surface area contributed by atoms with E-state index in [0.29, 0.717) is 0 Å². The summed E-state index contributed by atoms with van der Waals surface area (Å²) < 4.78 is 7.61. The summed E-state index contributed by atoms with van der Waals surface area (Å²) in [6.45, 7) is 7.43. The molecule has 0 unspecified atom stereocenters. The van der Waals surface area contributed by atoms with E-state index in [4.69, 9.17) is 4.42 Å². The maximum atomic E-state index is 5.72. The van der Waals surface area contributed by atoms with Crippen molar-refractivity contribution < 1.29 is 4.42 Å². The molecule has 5 nitrogen and oxygen atoms in total. The van der Waals surface area contributed by atoms with E-state index in [0.717, 1.165) is 55.8 Å². The van der Waals surface area contributed by atoms with Gasteiger partial charge in [-0.25, -0.2) is 4.68 Å². The lowest BCUT2D eigenvalue weighted by Gasteiger charge is -2.33. The molecule has 1 aromatic carbocycles. The molecule has 28 heavy (non-hydrogen) atoms. The van der Waals surface area contributed by atoms with E-state index in [1.807, 2.05) is 30.1 Å². The molecule has 0 spiro atoms. The second-order valence-electron chi connectivity index (χ2n) is 8.05. The third kappa shape index (κ3) is 4.91. The smallest absolute Gasteiger partial charge is 0.118 e. The highest BCUT2D eigenvalue weighted by molar-refractivity contribution is 5.33. The maximum Gasteiger partial charge on any atom is 0.118 e. The number of benzene rings is 1. The van der Waals surface area contributed by atoms with Crippen molar-refractivity contribution in [1.29, 1.82) is 0 Å². The minimum Gasteiger partial charge on any atom is -0.465 e. The van der Waals surface area contributed by atoms with Gasteiger partial charge in [-0.05, 0) is 81.7 Å². The second kappa shape index (κ2) is 8.76. The summed E-state index contributed by atoms with van der Waals surface area (Å²) in [6, 6.07) is 14.8. The molecule has 1 fully saturated rings. The van der Waals surface area contributed by atoms with Crippen molar-refractivity contribution in [1.82, 2.24) is 19.6 Å². The average molecular weight is 379 g/mol. The van der Waals surface area contributed by atoms with Crippen molar-refractivity contribution >= 4 is 0 Å². The van der Waals surface area contributed by atoms with Gasteiger partial charge >= 0.3 is 0 Å². The Labute approximate surface area is 167 Å². The fourth-order valence-electron chi connectivity index (χ4n) is 4.11. The minimum absolute atomic E-state index is 0.780. The molecule has 1 aliphatic rings. The van der Waals surface area contributed by atoms with E-state index < -0.39 is 0 Å². The molecule has 4 rings (SSSR count). The van der Waals surface area contributed by atoms with E-state index >= 15 is 0 Å². The van der Waals surface area contributed by atoms with Crippen molar-refractivity contribution in [3.63, 3.8) is 0 Å². The van der Waals surface area contributed by atoms with Gasteiger partial charge in [0.2, 0.25) is 0 Å². The van der Waals surface area contributed by atoms with Gasteiger partial charge in [0.15, 0.2) is 0 Å². The molecular formula is C23H30N4O. The van der Waals surface area contributed by atoms with Crippen LogP contribution in [-0.2, 0) is 13.1 Å². The first-order valence-electron chi connectivity index (χ1n) is 10.2. The number of rotatable bonds is 7. The molecule has 3 aromatic rings. The fraction of sp³-hybridized carbons (Fsp3) is 0.435. The third-order valence-electron chi connectivity index (χ3n) is 5.61. The molecule has 2 aromatic heterocycles. The highest BCUT2D eigenvalue weighted by Crippen LogP contribution is 2.21. The molecule has 0 saturated carbocycles. The van der Waals surface area contributed by atoms with Crippen LogP contribution in [0.2, 0.25) is 0 Å². The maximum absolute atomic E-state index is 5.72. The van der Waals surface area contributed by atoms with Crippen LogP contribution in [-0.4, -0.2) is 46.3 Å². The number of nitrogens with zero attached hydrogens (tertiary/aromatic N) is 4. The Morgan fingerprint density at radius 3 is 2.54 bits per heavy atom. The number of likely N-dealkylation sites (tertiary alicyclic amines) is 1. The molecule has 0 N–H and O–H groups in total. The lowest BCUT2D eigenvalue weighted by molar-refractivity contribution is 0.140. The van der Waals surface area contributed by atoms with Crippen LogP contribution in [0.4, 0.5) is 0 Å². The zero-order valence-electron chi connectivity index (χ0n) is 16.9. The van der Waals surface area contributed by atoms with Gasteiger partial charge in [0, 0.05) is 25.5 Å². The average Bonchev–Trinajstić information content (AvgIpc) is 3.36. The number of hydrogen-bond donors (Lipinski definition) is 0. The second-order valence-corrected chi connectivity index (χ2v) is 8.05. The van der Waals surface area contributed by atoms with Crippen LogP contribution in [0, 0.1) is 12.8 Å². The lowest BCUT2D eigenvalue weighted by Crippen LogP contribution is -2.37. The Morgan fingerprint density at radius 2 is 1.89 bits per heavy atom. The Hall–Kier alpha value is -2.37. The summed E-state index contributed by atoms with van der Waals surface area (Å²) in [5, 5.41) is 4.28. The van der Waals surface area contributed by atoms with Gasteiger partial charge in [-0.3, -0.25) is 4.90 Å². The predicted octanol–water partition coefficient (Wildman–Crippen LogP) is 4.12. The van der Waals surface area contributed by atoms with Gasteiger partial charge in [-0.2, -0.15) is 5.10 Å². The first-order valence-corrected chi connectivity index (χ1v) is 10.2. The standard InChI is InChI=1S/C23H30N4O/c1-19-4-9-23(28-19)18-26-14-10-21(11-15-26)17-25(2)16-20-5-7-22(8-6-20)27-13-3-12-24-27/h3-9,12-13,21H,10-11,14-18H2,1-2H3. The first-order chi connectivity index (χ1) is 13.7. The SMILES string of the molecule is Cc1ccc(CN2CCC(CN(C)Cc3ccc(-n4cccn4)cc3)CC2)o1. The van der Waals surface area contributed by atoms with Crippen LogP contribution in [0.3, 0.4) is 0 Å². The van der Waals surface area contributed by atoms with Gasteiger partial charge in [-0.1, -0.05) is 12.1 Å². The molecule has 5 heteroatoms. The minimum atomic E-state index is 0.780. The molecule has 0 bridgehead atoms. The van der Waals surface area contributed by atoms with Crippen LogP contribution in [0.1, 0.15) is 29.9 Å². The van der Waals surface area contributed by atoms with Crippen molar-refractivity contribution in [3.8, 4) is 5.69 Å². The third-order valence-corrected chi connectivity index (χ3v) is 5.61. The highest BCUT2D eigenvalue weighted by atomic mass is 16.3. The molecule has 1 saturated heterocycles. The molecule has 0 radical (unpaired) electrons. The number of piperidine rings is 1. The summed E-state index contributed by atoms with van der Waals surface area (Å²) in [7, 11) is 2.24. The summed E-state index contributed by atoms with van der Waals surface area (Å²) in [5.41, 5.74) is 2.46. The molecular weight excluding hydrogens is 348 g/mol. The molecule has 148 valence electrons. The highest BCUT2D eigenvalue weighted by Gasteiger charge is 2.21. The van der Waals surface area contributed by atoms with Crippen molar-refractivity contribution in [2.45, 2.75) is 32.9 Å². The summed E-state index contributed by atoms with van der Waals surface area (Å²) in [6.07, 6.45) is 6.31. The summed E-state index contributed by atoms with van der Waals surface area (Å²) in [5.74, 6) is 2.87. The Balaban J connectivity index is 1.22. The molecule has 3 heterocycles. The fourth-order valence-corrected chi connectivity index (χ4v) is 4.11. The summed E-state index contributed by atoms with van der Waals surface area (Å²) in [4.78, 5) is 4.97. The van der Waals surface area contributed by atoms with Crippen LogP contribution in [0.25, 0.3) is 5.69 Å². The van der Waals surface area contributed by atoms with Crippen LogP contribution in [0.15, 0.2) is 59.3 Å². The zero-order chi connectivity index (χ0) is 19.3. The quantitative estimate of drug-likeness (QED) is 0.620. The Morgan fingerprint density at radius 1 is 1.11 bits per heavy atom. The number of aryl methyl sites for hydroxylation is 1. The Bertz CT molecular complexity index is 845. The molecule has 0 amide bonds. The molecule has 0 aliphatic carbocycles. The number of hydrogen-bond acceptors (Lipinski definition) is 4. The first kappa shape index (κ1) is 19.0. The largest absolute Gasteiger partial charge is 0.465 e. The van der Waals surface area contributed by atoms with Gasteiger partial charge < -0.3 is 9.32 Å². The van der Waals surface area contributed by atoms with E-state index in [2.05, 4.69) is 58.3 Å². The molecule has 0 atom stereocenters. The predicted molar refractivity (Wildman–Crippen MR) is 111 cm³/mol. The van der Waals surface area contributed by atoms with Gasteiger partial charge in [0.1, 0.15) is 11.5 Å². The van der Waals surface area contributed by atoms with E-state index in [1.165, 1.54) is 18.4 Å². The molecule has 1 aliphatic heterocycles. The summed E-state index contributed by atoms with van der Waals surface area (Å²) >= 11 is 0. The van der Waals surface area contributed by atoms with Crippen molar-refractivity contribution in [2.75, 3.05) is 26.7 Å². The van der Waals surface area contributed by atoms with Crippen LogP contribution < -0.4 is 0 Å². The van der Waals surface area contributed by atoms with E-state index in [9.17, 15) is 0 Å². The zero-order valence-corrected chi connectivity index (χ0v) is 16.9. The van der Waals surface area contributed by atoms with Crippen LogP contribution >= 0.6 is 0 Å². The van der Waals surface area contributed by atoms with Crippen molar-refractivity contribution in [2.24, 2.45) is 5.92 Å². The normalized spacial score (nSPS) is 16.1. The van der Waals surface area contributed by atoms with Gasteiger partial charge in [-0.15, -0.1) is 0 Å². The van der Waals surface area contributed by atoms with E-state index in [-0.39, 0.29) is 0 Å². The Kier molecular flexibility index (Phi) is 5.93. The topological polar surface area (TPSA) is 37.4 Å².